The number of aromatic nitrogens is 1. The molecule has 1 atom stereocenters. The largest absolute Gasteiger partial charge is 0.367 e. The Bertz CT molecular complexity index is 874. The van der Waals surface area contributed by atoms with Gasteiger partial charge in [0.15, 0.2) is 0 Å². The molecule has 4 rings (SSSR count). The van der Waals surface area contributed by atoms with Crippen molar-refractivity contribution in [3.63, 3.8) is 0 Å². The molecule has 2 aliphatic heterocycles. The second-order valence-corrected chi connectivity index (χ2v) is 7.28. The molecule has 0 aliphatic carbocycles. The molecule has 0 bridgehead atoms. The highest BCUT2D eigenvalue weighted by Gasteiger charge is 2.31. The van der Waals surface area contributed by atoms with Crippen LogP contribution in [-0.2, 0) is 11.2 Å². The lowest BCUT2D eigenvalue weighted by Gasteiger charge is -2.35. The number of piperazine rings is 1. The van der Waals surface area contributed by atoms with Gasteiger partial charge < -0.3 is 14.7 Å². The Labute approximate surface area is 159 Å². The van der Waals surface area contributed by atoms with Crippen molar-refractivity contribution in [1.82, 2.24) is 9.88 Å². The molecule has 6 nitrogen and oxygen atoms in total. The molecule has 0 radical (unpaired) electrons. The summed E-state index contributed by atoms with van der Waals surface area (Å²) in [6.07, 6.45) is 4.31. The van der Waals surface area contributed by atoms with E-state index < -0.39 is 0 Å². The Hall–Kier alpha value is -2.89. The molecule has 140 valence electrons. The second kappa shape index (κ2) is 7.02. The van der Waals surface area contributed by atoms with Crippen LogP contribution >= 0.6 is 0 Å². The van der Waals surface area contributed by atoms with Crippen molar-refractivity contribution in [3.8, 4) is 0 Å². The predicted octanol–water partition coefficient (Wildman–Crippen LogP) is 2.34. The number of rotatable bonds is 2. The summed E-state index contributed by atoms with van der Waals surface area (Å²) in [5.41, 5.74) is 3.74. The maximum atomic E-state index is 13.2. The van der Waals surface area contributed by atoms with Crippen LogP contribution in [0.5, 0.6) is 0 Å². The number of hydrogen-bond donors (Lipinski definition) is 0. The lowest BCUT2D eigenvalue weighted by atomic mass is 10.1. The zero-order valence-corrected chi connectivity index (χ0v) is 15.8. The summed E-state index contributed by atoms with van der Waals surface area (Å²) >= 11 is 0. The molecule has 1 fully saturated rings. The van der Waals surface area contributed by atoms with Crippen LogP contribution in [0.25, 0.3) is 0 Å². The fourth-order valence-corrected chi connectivity index (χ4v) is 4.01. The van der Waals surface area contributed by atoms with Crippen molar-refractivity contribution in [1.29, 1.82) is 0 Å². The van der Waals surface area contributed by atoms with Crippen LogP contribution in [0.3, 0.4) is 0 Å². The van der Waals surface area contributed by atoms with Crippen LogP contribution in [-0.4, -0.2) is 53.9 Å². The zero-order chi connectivity index (χ0) is 19.0. The number of hydrogen-bond acceptors (Lipinski definition) is 4. The molecule has 1 aromatic carbocycles. The molecule has 0 spiro atoms. The topological polar surface area (TPSA) is 56.8 Å². The molecule has 1 saturated heterocycles. The average Bonchev–Trinajstić information content (AvgIpc) is 3.03. The Morgan fingerprint density at radius 2 is 1.81 bits per heavy atom. The van der Waals surface area contributed by atoms with Crippen molar-refractivity contribution in [2.45, 2.75) is 26.3 Å². The summed E-state index contributed by atoms with van der Waals surface area (Å²) in [6, 6.07) is 10.1. The van der Waals surface area contributed by atoms with Gasteiger partial charge >= 0.3 is 0 Å². The first-order chi connectivity index (χ1) is 13.0. The highest BCUT2D eigenvalue weighted by atomic mass is 16.2. The molecule has 0 N–H and O–H groups in total. The van der Waals surface area contributed by atoms with E-state index in [0.29, 0.717) is 18.7 Å². The van der Waals surface area contributed by atoms with E-state index in [4.69, 9.17) is 0 Å². The third kappa shape index (κ3) is 3.27. The monoisotopic (exact) mass is 364 g/mol. The van der Waals surface area contributed by atoms with Crippen LogP contribution in [0.4, 0.5) is 11.4 Å². The highest BCUT2D eigenvalue weighted by Crippen LogP contribution is 2.33. The van der Waals surface area contributed by atoms with Gasteiger partial charge in [-0.05, 0) is 31.0 Å². The van der Waals surface area contributed by atoms with E-state index in [9.17, 15) is 9.59 Å². The summed E-state index contributed by atoms with van der Waals surface area (Å²) in [6.45, 7) is 6.58. The molecule has 2 amide bonds. The van der Waals surface area contributed by atoms with E-state index in [1.165, 1.54) is 5.56 Å². The number of amides is 2. The van der Waals surface area contributed by atoms with Crippen LogP contribution in [0.15, 0.2) is 42.7 Å². The number of nitrogens with zero attached hydrogens (tertiary/aromatic N) is 4. The summed E-state index contributed by atoms with van der Waals surface area (Å²) < 4.78 is 0. The van der Waals surface area contributed by atoms with Crippen LogP contribution in [0.2, 0.25) is 0 Å². The first kappa shape index (κ1) is 17.5. The average molecular weight is 364 g/mol. The Morgan fingerprint density at radius 1 is 1.07 bits per heavy atom. The molecular formula is C21H24N4O2. The van der Waals surface area contributed by atoms with Gasteiger partial charge in [-0.15, -0.1) is 0 Å². The summed E-state index contributed by atoms with van der Waals surface area (Å²) in [7, 11) is 0. The van der Waals surface area contributed by atoms with E-state index in [0.717, 1.165) is 30.9 Å². The quantitative estimate of drug-likeness (QED) is 0.821. The molecule has 1 unspecified atom stereocenters. The number of carbonyl (C=O) groups is 2. The smallest absolute Gasteiger partial charge is 0.260 e. The minimum atomic E-state index is -0.0100. The summed E-state index contributed by atoms with van der Waals surface area (Å²) in [4.78, 5) is 35.0. The molecule has 1 aromatic heterocycles. The Kier molecular flexibility index (Phi) is 4.56. The van der Waals surface area contributed by atoms with Gasteiger partial charge in [0, 0.05) is 51.0 Å². The van der Waals surface area contributed by atoms with E-state index in [2.05, 4.69) is 22.9 Å². The Morgan fingerprint density at radius 3 is 2.56 bits per heavy atom. The second-order valence-electron chi connectivity index (χ2n) is 7.28. The maximum absolute atomic E-state index is 13.2. The van der Waals surface area contributed by atoms with Gasteiger partial charge in [0.25, 0.3) is 5.91 Å². The van der Waals surface area contributed by atoms with E-state index >= 15 is 0 Å². The van der Waals surface area contributed by atoms with Crippen molar-refractivity contribution >= 4 is 23.2 Å². The van der Waals surface area contributed by atoms with Gasteiger partial charge in [-0.2, -0.15) is 0 Å². The van der Waals surface area contributed by atoms with Crippen LogP contribution in [0, 0.1) is 0 Å². The fourth-order valence-electron chi connectivity index (χ4n) is 4.01. The number of pyridine rings is 1. The van der Waals surface area contributed by atoms with E-state index in [-0.39, 0.29) is 17.9 Å². The highest BCUT2D eigenvalue weighted by molar-refractivity contribution is 6.08. The molecule has 2 aromatic rings. The number of fused-ring (bicyclic) bond motifs is 1. The number of para-hydroxylation sites is 1. The lowest BCUT2D eigenvalue weighted by molar-refractivity contribution is -0.129. The molecule has 6 heteroatoms. The molecule has 3 heterocycles. The van der Waals surface area contributed by atoms with Gasteiger partial charge in [0.2, 0.25) is 5.91 Å². The normalized spacial score (nSPS) is 19.2. The summed E-state index contributed by atoms with van der Waals surface area (Å²) in [5, 5.41) is 0. The standard InChI is InChI=1S/C21H24N4O2/c1-15-11-17-5-3-4-6-20(17)25(15)21(27)18-12-19(14-22-13-18)24-9-7-23(8-10-24)16(2)26/h3-6,12-15H,7-11H2,1-2H3. The van der Waals surface area contributed by atoms with Gasteiger partial charge in [-0.1, -0.05) is 18.2 Å². The van der Waals surface area contributed by atoms with Crippen molar-refractivity contribution < 1.29 is 9.59 Å². The third-order valence-corrected chi connectivity index (χ3v) is 5.49. The predicted molar refractivity (Wildman–Crippen MR) is 105 cm³/mol. The van der Waals surface area contributed by atoms with Gasteiger partial charge in [0.05, 0.1) is 17.4 Å². The first-order valence-electron chi connectivity index (χ1n) is 9.41. The van der Waals surface area contributed by atoms with Gasteiger partial charge in [-0.3, -0.25) is 14.6 Å². The molecular weight excluding hydrogens is 340 g/mol. The van der Waals surface area contributed by atoms with Crippen molar-refractivity contribution in [2.24, 2.45) is 0 Å². The van der Waals surface area contributed by atoms with Crippen LogP contribution < -0.4 is 9.80 Å². The molecule has 2 aliphatic rings. The zero-order valence-electron chi connectivity index (χ0n) is 15.8. The number of carbonyl (C=O) groups excluding carboxylic acids is 2. The Balaban J connectivity index is 1.55. The fraction of sp³-hybridized carbons (Fsp3) is 0.381. The lowest BCUT2D eigenvalue weighted by Crippen LogP contribution is -2.48. The number of anilines is 2. The minimum Gasteiger partial charge on any atom is -0.367 e. The maximum Gasteiger partial charge on any atom is 0.260 e. The van der Waals surface area contributed by atoms with E-state index in [1.807, 2.05) is 34.1 Å². The van der Waals surface area contributed by atoms with Crippen molar-refractivity contribution in [2.75, 3.05) is 36.0 Å². The van der Waals surface area contributed by atoms with Gasteiger partial charge in [0.1, 0.15) is 0 Å². The SMILES string of the molecule is CC(=O)N1CCN(c2cncc(C(=O)N3c4ccccc4CC3C)c2)CC1. The molecule has 0 saturated carbocycles. The van der Waals surface area contributed by atoms with Crippen LogP contribution in [0.1, 0.15) is 29.8 Å². The molecule has 27 heavy (non-hydrogen) atoms. The first-order valence-corrected chi connectivity index (χ1v) is 9.41. The minimum absolute atomic E-state index is 0.0100. The van der Waals surface area contributed by atoms with E-state index in [1.54, 1.807) is 19.3 Å². The van der Waals surface area contributed by atoms with Crippen molar-refractivity contribution in [3.05, 3.63) is 53.9 Å². The van der Waals surface area contributed by atoms with Gasteiger partial charge in [-0.25, -0.2) is 0 Å². The third-order valence-electron chi connectivity index (χ3n) is 5.49. The summed E-state index contributed by atoms with van der Waals surface area (Å²) in [5.74, 6) is 0.0996. The number of benzene rings is 1.